The fourth-order valence-corrected chi connectivity index (χ4v) is 10.5. The van der Waals surface area contributed by atoms with E-state index >= 15 is 0 Å². The molecule has 1 aliphatic heterocycles. The van der Waals surface area contributed by atoms with Gasteiger partial charge in [-0.25, -0.2) is 0 Å². The number of rotatable bonds is 71. The number of unbranched alkanes of at least 4 members (excludes halogenated alkanes) is 20. The molecule has 1 aliphatic rings. The second-order valence-corrected chi connectivity index (χ2v) is 26.7. The predicted molar refractivity (Wildman–Crippen MR) is 363 cm³/mol. The molecule has 95 heavy (non-hydrogen) atoms. The highest BCUT2D eigenvalue weighted by molar-refractivity contribution is 5.69. The van der Waals surface area contributed by atoms with Crippen molar-refractivity contribution in [1.82, 2.24) is 4.90 Å². The Morgan fingerprint density at radius 2 is 0.884 bits per heavy atom. The van der Waals surface area contributed by atoms with Crippen molar-refractivity contribution in [3.63, 3.8) is 0 Å². The number of aliphatic hydroxyl groups is 9. The Balaban J connectivity index is 3.01. The van der Waals surface area contributed by atoms with Gasteiger partial charge in [-0.2, -0.15) is 0 Å². The first-order chi connectivity index (χ1) is 45.9. The second-order valence-electron chi connectivity index (χ2n) is 26.7. The van der Waals surface area contributed by atoms with Gasteiger partial charge in [0.05, 0.1) is 165 Å². The van der Waals surface area contributed by atoms with E-state index in [4.69, 9.17) is 66.7 Å². The maximum Gasteiger partial charge on any atom is 0.305 e. The van der Waals surface area contributed by atoms with Gasteiger partial charge in [-0.3, -0.25) is 4.79 Å². The lowest BCUT2D eigenvalue weighted by atomic mass is 10.1. The summed E-state index contributed by atoms with van der Waals surface area (Å²) in [5, 5.41) is 92.6. The van der Waals surface area contributed by atoms with Crippen LogP contribution in [0.5, 0.6) is 0 Å². The first-order valence-electron chi connectivity index (χ1n) is 36.3. The number of likely N-dealkylation sites (N-methyl/N-ethyl adjacent to an activating group) is 2. The lowest BCUT2D eigenvalue weighted by Gasteiger charge is -2.32. The molecule has 1 saturated heterocycles. The van der Waals surface area contributed by atoms with Gasteiger partial charge in [0.2, 0.25) is 0 Å². The van der Waals surface area contributed by atoms with Crippen LogP contribution < -0.4 is 0 Å². The number of quaternary nitrogens is 1. The molecule has 0 bridgehead atoms. The smallest absolute Gasteiger partial charge is 0.305 e. The van der Waals surface area contributed by atoms with Gasteiger partial charge in [0.15, 0.2) is 0 Å². The van der Waals surface area contributed by atoms with Crippen LogP contribution in [0.1, 0.15) is 168 Å². The van der Waals surface area contributed by atoms with E-state index in [1.807, 2.05) is 19.0 Å². The largest absolute Gasteiger partial charge is 0.463 e. The zero-order chi connectivity index (χ0) is 69.8. The number of hydrogen-bond acceptors (Lipinski definition) is 24. The van der Waals surface area contributed by atoms with Crippen LogP contribution >= 0.6 is 0 Å². The highest BCUT2D eigenvalue weighted by Crippen LogP contribution is 2.16. The minimum Gasteiger partial charge on any atom is -0.463 e. The molecule has 25 nitrogen and oxygen atoms in total. The lowest BCUT2D eigenvalue weighted by molar-refractivity contribution is -0.893. The molecule has 0 aliphatic carbocycles. The molecule has 0 spiro atoms. The van der Waals surface area contributed by atoms with E-state index in [1.54, 1.807) is 0 Å². The molecular weight excluding hydrogens is 1240 g/mol. The summed E-state index contributed by atoms with van der Waals surface area (Å²) in [7, 11) is 7.86. The zero-order valence-electron chi connectivity index (χ0n) is 59.9. The normalized spacial score (nSPS) is 18.1. The Morgan fingerprint density at radius 3 is 1.40 bits per heavy atom. The summed E-state index contributed by atoms with van der Waals surface area (Å²) in [6.45, 7) is 3.66. The van der Waals surface area contributed by atoms with Crippen LogP contribution in [-0.2, 0) is 66.4 Å². The maximum atomic E-state index is 12.6. The summed E-state index contributed by atoms with van der Waals surface area (Å²) in [5.41, 5.74) is 0. The molecular formula is C70H139N2O23+. The van der Waals surface area contributed by atoms with E-state index in [1.165, 1.54) is 89.9 Å². The van der Waals surface area contributed by atoms with Crippen LogP contribution in [0, 0.1) is 0 Å². The summed E-state index contributed by atoms with van der Waals surface area (Å²) in [6.07, 6.45) is 22.1. The first-order valence-corrected chi connectivity index (χ1v) is 36.3. The summed E-state index contributed by atoms with van der Waals surface area (Å²) >= 11 is 0. The van der Waals surface area contributed by atoms with Crippen molar-refractivity contribution in [1.29, 1.82) is 0 Å². The molecule has 1 heterocycles. The number of carbonyl (C=O) groups excluding carboxylic acids is 1. The minimum absolute atomic E-state index is 0.00514. The van der Waals surface area contributed by atoms with Crippen molar-refractivity contribution in [3.05, 3.63) is 12.2 Å². The maximum absolute atomic E-state index is 12.6. The number of allylic oxidation sites excluding steroid dienone is 2. The van der Waals surface area contributed by atoms with Crippen LogP contribution in [0.2, 0.25) is 0 Å². The van der Waals surface area contributed by atoms with Gasteiger partial charge < -0.3 is 117 Å². The van der Waals surface area contributed by atoms with Crippen molar-refractivity contribution >= 4 is 5.97 Å². The van der Waals surface area contributed by atoms with Crippen molar-refractivity contribution in [2.45, 2.75) is 241 Å². The molecule has 0 radical (unpaired) electrons. The Labute approximate surface area is 572 Å². The van der Waals surface area contributed by atoms with Crippen LogP contribution in [0.15, 0.2) is 12.2 Å². The molecule has 0 amide bonds. The third-order valence-corrected chi connectivity index (χ3v) is 15.8. The monoisotopic (exact) mass is 1380 g/mol. The molecule has 25 heteroatoms. The Bertz CT molecular complexity index is 1700. The number of esters is 1. The highest BCUT2D eigenvalue weighted by atomic mass is 16.6. The molecule has 0 saturated carbocycles. The van der Waals surface area contributed by atoms with Crippen LogP contribution in [0.4, 0.5) is 0 Å². The Kier molecular flexibility index (Phi) is 60.8. The third-order valence-electron chi connectivity index (χ3n) is 15.8. The molecule has 12 atom stereocenters. The Morgan fingerprint density at radius 1 is 0.463 bits per heavy atom. The standard InChI is InChI=1S/C70H139N2O23/c1-7-9-11-13-15-17-19-20-21-22-23-24-26-28-30-32-70(82)93-57-64(37-74)91-46-63(81)45-86-49-66(92-47-62(80)44-83-40-59(77)35-72(5,6)33-31-29-27-25-18-16-14-12-10-8-2)50-89-55-69(52-87-43-61(79)42-84-41-60(78)36-73)95-68(51-85-39-58(76)34-71(3)4)56-90-54-67-53-88-48-65(38-75)94-67/h20-21,58-69,73-81H,7-19,22-57H2,1-6H3/q+1/b21-20-. The SMILES string of the molecule is CCCCCCCC/C=C\CCCCCCCC(=O)OCC(CO)OCC(O)COCC(COCC(COCC(O)COCC(O)CO)OC(COCC(O)CN(C)C)COCC1COCC(CO)O1)OCC(O)COCC(O)C[N+](C)(C)CCCCCCCCCCCC. The molecule has 0 aromatic rings. The van der Waals surface area contributed by atoms with Gasteiger partial charge in [-0.05, 0) is 59.0 Å². The van der Waals surface area contributed by atoms with Crippen molar-refractivity contribution in [2.24, 2.45) is 0 Å². The summed E-state index contributed by atoms with van der Waals surface area (Å²) in [4.78, 5) is 14.4. The van der Waals surface area contributed by atoms with E-state index in [9.17, 15) is 45.6 Å². The van der Waals surface area contributed by atoms with Gasteiger partial charge in [0.25, 0.3) is 0 Å². The average molecular weight is 1380 g/mol. The van der Waals surface area contributed by atoms with Gasteiger partial charge in [0.1, 0.15) is 80.3 Å². The average Bonchev–Trinajstić information content (AvgIpc) is 2.62. The molecule has 1 fully saturated rings. The first kappa shape index (κ1) is 91.3. The van der Waals surface area contributed by atoms with Crippen molar-refractivity contribution in [3.8, 4) is 0 Å². The van der Waals surface area contributed by atoms with Gasteiger partial charge >= 0.3 is 5.97 Å². The van der Waals surface area contributed by atoms with E-state index in [2.05, 4.69) is 40.1 Å². The van der Waals surface area contributed by atoms with Gasteiger partial charge in [-0.15, -0.1) is 0 Å². The fourth-order valence-electron chi connectivity index (χ4n) is 10.5. The van der Waals surface area contributed by atoms with E-state index < -0.39 is 86.5 Å². The van der Waals surface area contributed by atoms with Crippen LogP contribution in [0.25, 0.3) is 0 Å². The number of ether oxygens (including phenoxy) is 13. The highest BCUT2D eigenvalue weighted by Gasteiger charge is 2.27. The molecule has 0 aromatic carbocycles. The van der Waals surface area contributed by atoms with Crippen LogP contribution in [0.3, 0.4) is 0 Å². The summed E-state index contributed by atoms with van der Waals surface area (Å²) in [5.74, 6) is -0.378. The predicted octanol–water partition coefficient (Wildman–Crippen LogP) is 4.69. The molecule has 12 unspecified atom stereocenters. The van der Waals surface area contributed by atoms with Gasteiger partial charge in [0, 0.05) is 13.0 Å². The lowest BCUT2D eigenvalue weighted by Crippen LogP contribution is -2.47. The van der Waals surface area contributed by atoms with E-state index in [0.29, 0.717) is 24.0 Å². The topological polar surface area (TPSA) is 322 Å². The molecule has 1 rings (SSSR count). The quantitative estimate of drug-likeness (QED) is 0.0173. The number of aliphatic hydroxyl groups excluding tert-OH is 9. The number of nitrogens with zero attached hydrogens (tertiary/aromatic N) is 2. The minimum atomic E-state index is -1.16. The molecule has 9 N–H and O–H groups in total. The van der Waals surface area contributed by atoms with Crippen molar-refractivity contribution in [2.75, 3.05) is 193 Å². The zero-order valence-corrected chi connectivity index (χ0v) is 59.9. The summed E-state index contributed by atoms with van der Waals surface area (Å²) in [6, 6.07) is 0. The third kappa shape index (κ3) is 57.6. The van der Waals surface area contributed by atoms with Crippen molar-refractivity contribution < 1.29 is 117 Å². The summed E-state index contributed by atoms with van der Waals surface area (Å²) < 4.78 is 76.9. The van der Waals surface area contributed by atoms with Gasteiger partial charge in [-0.1, -0.05) is 129 Å². The second kappa shape index (κ2) is 63.2. The fraction of sp³-hybridized carbons (Fsp3) is 0.957. The van der Waals surface area contributed by atoms with Crippen LogP contribution in [-0.4, -0.2) is 328 Å². The molecule has 566 valence electrons. The number of carbonyl (C=O) groups is 1. The van der Waals surface area contributed by atoms with E-state index in [0.717, 1.165) is 57.9 Å². The van der Waals surface area contributed by atoms with E-state index in [-0.39, 0.29) is 145 Å². The molecule has 0 aromatic heterocycles. The number of hydrogen-bond donors (Lipinski definition) is 9. The Hall–Kier alpha value is -1.71.